The predicted molar refractivity (Wildman–Crippen MR) is 80.5 cm³/mol. The summed E-state index contributed by atoms with van der Waals surface area (Å²) in [5.74, 6) is 0.864. The summed E-state index contributed by atoms with van der Waals surface area (Å²) in [7, 11) is 0. The molecule has 0 aromatic heterocycles. The van der Waals surface area contributed by atoms with E-state index in [4.69, 9.17) is 0 Å². The Hall–Kier alpha value is -1.51. The molecule has 1 aromatic rings. The van der Waals surface area contributed by atoms with Crippen molar-refractivity contribution in [3.05, 3.63) is 29.3 Å². The fourth-order valence-electron chi connectivity index (χ4n) is 2.45. The summed E-state index contributed by atoms with van der Waals surface area (Å²) in [6, 6.07) is 5.46. The fourth-order valence-corrected chi connectivity index (χ4v) is 2.45. The van der Waals surface area contributed by atoms with E-state index in [9.17, 15) is 9.90 Å². The van der Waals surface area contributed by atoms with Gasteiger partial charge in [0.15, 0.2) is 0 Å². The third kappa shape index (κ3) is 3.33. The molecule has 3 heteroatoms. The fraction of sp³-hybridized carbons (Fsp3) is 0.588. The maximum Gasteiger partial charge on any atom is 0.223 e. The zero-order chi connectivity index (χ0) is 14.9. The first-order valence-electron chi connectivity index (χ1n) is 7.36. The zero-order valence-corrected chi connectivity index (χ0v) is 12.9. The van der Waals surface area contributed by atoms with Gasteiger partial charge in [-0.3, -0.25) is 4.79 Å². The molecule has 1 atom stereocenters. The molecule has 3 nitrogen and oxygen atoms in total. The topological polar surface area (TPSA) is 40.5 Å². The van der Waals surface area contributed by atoms with E-state index in [1.165, 1.54) is 5.56 Å². The van der Waals surface area contributed by atoms with Crippen LogP contribution in [-0.4, -0.2) is 22.5 Å². The van der Waals surface area contributed by atoms with Crippen molar-refractivity contribution in [2.75, 3.05) is 6.54 Å². The molecular formula is C17H25NO2. The predicted octanol–water partition coefficient (Wildman–Crippen LogP) is 3.35. The van der Waals surface area contributed by atoms with Crippen LogP contribution in [0.2, 0.25) is 0 Å². The van der Waals surface area contributed by atoms with Crippen molar-refractivity contribution in [3.8, 4) is 5.75 Å². The molecule has 0 radical (unpaired) electrons. The summed E-state index contributed by atoms with van der Waals surface area (Å²) in [4.78, 5) is 14.3. The Morgan fingerprint density at radius 2 is 2.05 bits per heavy atom. The molecule has 1 unspecified atom stereocenters. The highest BCUT2D eigenvalue weighted by Crippen LogP contribution is 2.30. The highest BCUT2D eigenvalue weighted by molar-refractivity contribution is 5.76. The molecule has 0 saturated heterocycles. The van der Waals surface area contributed by atoms with E-state index in [0.717, 1.165) is 18.5 Å². The van der Waals surface area contributed by atoms with Gasteiger partial charge in [0.25, 0.3) is 0 Å². The van der Waals surface area contributed by atoms with Gasteiger partial charge in [0, 0.05) is 19.5 Å². The molecule has 1 heterocycles. The number of benzene rings is 1. The number of fused-ring (bicyclic) bond motifs is 1. The van der Waals surface area contributed by atoms with E-state index in [-0.39, 0.29) is 17.1 Å². The van der Waals surface area contributed by atoms with Crippen LogP contribution in [0.4, 0.5) is 0 Å². The second kappa shape index (κ2) is 5.47. The van der Waals surface area contributed by atoms with Gasteiger partial charge in [-0.15, -0.1) is 0 Å². The Labute approximate surface area is 121 Å². The summed E-state index contributed by atoms with van der Waals surface area (Å²) in [6.45, 7) is 10.1. The van der Waals surface area contributed by atoms with E-state index >= 15 is 0 Å². The second-order valence-electron chi connectivity index (χ2n) is 6.99. The summed E-state index contributed by atoms with van der Waals surface area (Å²) in [5, 5.41) is 9.56. The molecule has 1 N–H and O–H groups in total. The number of carbonyl (C=O) groups is 1. The molecule has 1 aliphatic heterocycles. The van der Waals surface area contributed by atoms with Crippen molar-refractivity contribution in [2.45, 2.75) is 47.1 Å². The number of hydrogen-bond acceptors (Lipinski definition) is 2. The number of rotatable bonds is 2. The number of phenolic OH excluding ortho intramolecular Hbond substituents is 1. The Morgan fingerprint density at radius 1 is 1.35 bits per heavy atom. The number of aromatic hydroxyl groups is 1. The summed E-state index contributed by atoms with van der Waals surface area (Å²) in [6.07, 6.45) is 1.48. The lowest BCUT2D eigenvalue weighted by Gasteiger charge is -2.32. The third-order valence-corrected chi connectivity index (χ3v) is 4.51. The van der Waals surface area contributed by atoms with Crippen LogP contribution in [0, 0.1) is 11.3 Å². The quantitative estimate of drug-likeness (QED) is 0.899. The molecule has 20 heavy (non-hydrogen) atoms. The van der Waals surface area contributed by atoms with Gasteiger partial charge in [-0.05, 0) is 41.0 Å². The molecule has 0 spiro atoms. The SMILES string of the molecule is CC(CC(=O)N1CCc2ccc(O)cc2C1)C(C)(C)C. The Morgan fingerprint density at radius 3 is 2.70 bits per heavy atom. The van der Waals surface area contributed by atoms with Gasteiger partial charge in [-0.25, -0.2) is 0 Å². The van der Waals surface area contributed by atoms with Crippen molar-refractivity contribution in [1.29, 1.82) is 0 Å². The van der Waals surface area contributed by atoms with Crippen LogP contribution >= 0.6 is 0 Å². The van der Waals surface area contributed by atoms with Crippen LogP contribution in [-0.2, 0) is 17.8 Å². The number of nitrogens with zero attached hydrogens (tertiary/aromatic N) is 1. The molecule has 1 aliphatic rings. The maximum atomic E-state index is 12.4. The minimum absolute atomic E-state index is 0.154. The van der Waals surface area contributed by atoms with Crippen LogP contribution in [0.25, 0.3) is 0 Å². The lowest BCUT2D eigenvalue weighted by atomic mass is 9.80. The molecule has 110 valence electrons. The van der Waals surface area contributed by atoms with Crippen LogP contribution in [0.5, 0.6) is 5.75 Å². The zero-order valence-electron chi connectivity index (χ0n) is 12.9. The van der Waals surface area contributed by atoms with Crippen LogP contribution < -0.4 is 0 Å². The lowest BCUT2D eigenvalue weighted by Crippen LogP contribution is -2.37. The number of hydrogen-bond donors (Lipinski definition) is 1. The molecule has 0 fully saturated rings. The van der Waals surface area contributed by atoms with E-state index < -0.39 is 0 Å². The van der Waals surface area contributed by atoms with E-state index in [2.05, 4.69) is 27.7 Å². The first-order valence-corrected chi connectivity index (χ1v) is 7.36. The van der Waals surface area contributed by atoms with Gasteiger partial charge in [-0.1, -0.05) is 33.8 Å². The molecule has 0 bridgehead atoms. The smallest absolute Gasteiger partial charge is 0.223 e. The molecule has 1 amide bonds. The lowest BCUT2D eigenvalue weighted by molar-refractivity contribution is -0.133. The van der Waals surface area contributed by atoms with Gasteiger partial charge < -0.3 is 10.0 Å². The van der Waals surface area contributed by atoms with Gasteiger partial charge in [0.1, 0.15) is 5.75 Å². The summed E-state index contributed by atoms with van der Waals surface area (Å²) < 4.78 is 0. The van der Waals surface area contributed by atoms with Gasteiger partial charge >= 0.3 is 0 Å². The summed E-state index contributed by atoms with van der Waals surface area (Å²) >= 11 is 0. The average molecular weight is 275 g/mol. The largest absolute Gasteiger partial charge is 0.508 e. The first kappa shape index (κ1) is 14.9. The molecule has 0 aliphatic carbocycles. The van der Waals surface area contributed by atoms with Crippen molar-refractivity contribution in [2.24, 2.45) is 11.3 Å². The monoisotopic (exact) mass is 275 g/mol. The number of phenols is 1. The van der Waals surface area contributed by atoms with E-state index in [1.54, 1.807) is 12.1 Å². The Balaban J connectivity index is 2.03. The molecular weight excluding hydrogens is 250 g/mol. The second-order valence-corrected chi connectivity index (χ2v) is 6.99. The van der Waals surface area contributed by atoms with E-state index in [0.29, 0.717) is 18.9 Å². The van der Waals surface area contributed by atoms with Crippen LogP contribution in [0.1, 0.15) is 45.2 Å². The molecule has 2 rings (SSSR count). The number of amides is 1. The molecule has 1 aromatic carbocycles. The average Bonchev–Trinajstić information content (AvgIpc) is 2.36. The van der Waals surface area contributed by atoms with Crippen molar-refractivity contribution in [1.82, 2.24) is 4.90 Å². The minimum atomic E-state index is 0.154. The number of carbonyl (C=O) groups excluding carboxylic acids is 1. The Kier molecular flexibility index (Phi) is 4.07. The highest BCUT2D eigenvalue weighted by atomic mass is 16.3. The van der Waals surface area contributed by atoms with E-state index in [1.807, 2.05) is 11.0 Å². The van der Waals surface area contributed by atoms with Crippen molar-refractivity contribution < 1.29 is 9.90 Å². The van der Waals surface area contributed by atoms with Gasteiger partial charge in [0.2, 0.25) is 5.91 Å². The van der Waals surface area contributed by atoms with Crippen LogP contribution in [0.3, 0.4) is 0 Å². The third-order valence-electron chi connectivity index (χ3n) is 4.51. The van der Waals surface area contributed by atoms with Crippen molar-refractivity contribution in [3.63, 3.8) is 0 Å². The van der Waals surface area contributed by atoms with Gasteiger partial charge in [-0.2, -0.15) is 0 Å². The highest BCUT2D eigenvalue weighted by Gasteiger charge is 2.27. The maximum absolute atomic E-state index is 12.4. The standard InChI is InChI=1S/C17H25NO2/c1-12(17(2,3)4)9-16(20)18-8-7-13-5-6-15(19)10-14(13)11-18/h5-6,10,12,19H,7-9,11H2,1-4H3. The van der Waals surface area contributed by atoms with Crippen molar-refractivity contribution >= 4 is 5.91 Å². The summed E-state index contributed by atoms with van der Waals surface area (Å²) in [5.41, 5.74) is 2.48. The normalized spacial score (nSPS) is 16.7. The van der Waals surface area contributed by atoms with Crippen LogP contribution in [0.15, 0.2) is 18.2 Å². The van der Waals surface area contributed by atoms with Gasteiger partial charge in [0.05, 0.1) is 0 Å². The first-order chi connectivity index (χ1) is 9.27. The molecule has 0 saturated carbocycles. The Bertz CT molecular complexity index is 502. The minimum Gasteiger partial charge on any atom is -0.508 e.